The van der Waals surface area contributed by atoms with E-state index in [0.717, 1.165) is 19.6 Å². The zero-order valence-corrected chi connectivity index (χ0v) is 11.4. The molecule has 100 valence electrons. The number of aromatic nitrogens is 1. The van der Waals surface area contributed by atoms with Crippen LogP contribution in [0.5, 0.6) is 5.88 Å². The smallest absolute Gasteiger partial charge is 0.213 e. The molecule has 1 aromatic heterocycles. The van der Waals surface area contributed by atoms with Gasteiger partial charge in [0, 0.05) is 25.2 Å². The van der Waals surface area contributed by atoms with Gasteiger partial charge < -0.3 is 15.0 Å². The number of pyridine rings is 1. The molecule has 18 heavy (non-hydrogen) atoms. The van der Waals surface area contributed by atoms with Gasteiger partial charge in [-0.15, -0.1) is 0 Å². The number of nitrogens with one attached hydrogen (secondary N) is 1. The lowest BCUT2D eigenvalue weighted by molar-refractivity contribution is 0.397. The fourth-order valence-electron chi connectivity index (χ4n) is 2.41. The first-order valence-electron chi connectivity index (χ1n) is 6.82. The van der Waals surface area contributed by atoms with Gasteiger partial charge in [-0.1, -0.05) is 6.92 Å². The Morgan fingerprint density at radius 2 is 2.39 bits per heavy atom. The van der Waals surface area contributed by atoms with Crippen molar-refractivity contribution in [1.29, 1.82) is 0 Å². The summed E-state index contributed by atoms with van der Waals surface area (Å²) in [6.45, 7) is 5.52. The van der Waals surface area contributed by atoms with Crippen LogP contribution in [-0.2, 0) is 0 Å². The van der Waals surface area contributed by atoms with Gasteiger partial charge in [-0.05, 0) is 31.9 Å². The topological polar surface area (TPSA) is 37.4 Å². The Labute approximate surface area is 109 Å². The van der Waals surface area contributed by atoms with Crippen LogP contribution in [0.3, 0.4) is 0 Å². The Morgan fingerprint density at radius 1 is 1.50 bits per heavy atom. The number of rotatable bonds is 5. The average molecular weight is 249 g/mol. The second-order valence-corrected chi connectivity index (χ2v) is 4.80. The molecule has 0 radical (unpaired) electrons. The molecule has 0 saturated carbocycles. The summed E-state index contributed by atoms with van der Waals surface area (Å²) in [4.78, 5) is 6.68. The van der Waals surface area contributed by atoms with Gasteiger partial charge in [0.05, 0.1) is 19.0 Å². The van der Waals surface area contributed by atoms with E-state index >= 15 is 0 Å². The number of anilines is 1. The number of hydrogen-bond acceptors (Lipinski definition) is 4. The first-order chi connectivity index (χ1) is 8.83. The van der Waals surface area contributed by atoms with E-state index in [9.17, 15) is 0 Å². The van der Waals surface area contributed by atoms with Gasteiger partial charge in [-0.25, -0.2) is 4.98 Å². The molecule has 0 aromatic carbocycles. The highest BCUT2D eigenvalue weighted by Crippen LogP contribution is 2.20. The fourth-order valence-corrected chi connectivity index (χ4v) is 2.41. The van der Waals surface area contributed by atoms with Crippen molar-refractivity contribution in [2.75, 3.05) is 31.6 Å². The van der Waals surface area contributed by atoms with Crippen LogP contribution in [-0.4, -0.2) is 37.8 Å². The monoisotopic (exact) mass is 249 g/mol. The number of piperidine rings is 1. The molecule has 1 N–H and O–H groups in total. The molecule has 0 amide bonds. The summed E-state index contributed by atoms with van der Waals surface area (Å²) in [6, 6.07) is 4.63. The fraction of sp³-hybridized carbons (Fsp3) is 0.643. The van der Waals surface area contributed by atoms with Crippen molar-refractivity contribution in [3.63, 3.8) is 0 Å². The molecule has 4 nitrogen and oxygen atoms in total. The molecular formula is C14H23N3O. The molecule has 4 heteroatoms. The summed E-state index contributed by atoms with van der Waals surface area (Å²) >= 11 is 0. The maximum absolute atomic E-state index is 5.09. The van der Waals surface area contributed by atoms with Crippen LogP contribution in [0.25, 0.3) is 0 Å². The zero-order chi connectivity index (χ0) is 12.8. The van der Waals surface area contributed by atoms with E-state index < -0.39 is 0 Å². The summed E-state index contributed by atoms with van der Waals surface area (Å²) in [5, 5.41) is 3.61. The SMILES string of the molecule is CCCNC1CCCN(c2ccc(OC)nc2)C1. The van der Waals surface area contributed by atoms with Crippen molar-refractivity contribution in [2.24, 2.45) is 0 Å². The number of methoxy groups -OCH3 is 1. The summed E-state index contributed by atoms with van der Waals surface area (Å²) in [6.07, 6.45) is 5.62. The number of hydrogen-bond donors (Lipinski definition) is 1. The molecule has 2 heterocycles. The highest BCUT2D eigenvalue weighted by atomic mass is 16.5. The van der Waals surface area contributed by atoms with Gasteiger partial charge in [-0.3, -0.25) is 0 Å². The molecule has 1 atom stereocenters. The van der Waals surface area contributed by atoms with Gasteiger partial charge >= 0.3 is 0 Å². The Morgan fingerprint density at radius 3 is 3.06 bits per heavy atom. The van der Waals surface area contributed by atoms with E-state index in [1.54, 1.807) is 7.11 Å². The number of nitrogens with zero attached hydrogens (tertiary/aromatic N) is 2. The molecule has 2 rings (SSSR count). The van der Waals surface area contributed by atoms with Gasteiger partial charge in [0.2, 0.25) is 5.88 Å². The predicted molar refractivity (Wildman–Crippen MR) is 74.3 cm³/mol. The van der Waals surface area contributed by atoms with Crippen LogP contribution in [0.4, 0.5) is 5.69 Å². The lowest BCUT2D eigenvalue weighted by atomic mass is 10.1. The average Bonchev–Trinajstić information content (AvgIpc) is 2.45. The summed E-state index contributed by atoms with van der Waals surface area (Å²) in [5.74, 6) is 0.677. The van der Waals surface area contributed by atoms with Gasteiger partial charge in [0.1, 0.15) is 0 Å². The van der Waals surface area contributed by atoms with E-state index in [0.29, 0.717) is 11.9 Å². The first-order valence-corrected chi connectivity index (χ1v) is 6.82. The normalized spacial score (nSPS) is 19.9. The minimum absolute atomic E-state index is 0.612. The standard InChI is InChI=1S/C14H23N3O/c1-3-8-15-12-5-4-9-17(11-12)13-6-7-14(18-2)16-10-13/h6-7,10,12,15H,3-5,8-9,11H2,1-2H3. The molecule has 0 aliphatic carbocycles. The van der Waals surface area contributed by atoms with Crippen molar-refractivity contribution in [3.8, 4) is 5.88 Å². The van der Waals surface area contributed by atoms with Crippen LogP contribution in [0.2, 0.25) is 0 Å². The third kappa shape index (κ3) is 3.35. The van der Waals surface area contributed by atoms with Gasteiger partial charge in [0.15, 0.2) is 0 Å². The molecule has 1 aliphatic heterocycles. The highest BCUT2D eigenvalue weighted by molar-refractivity contribution is 5.46. The third-order valence-corrected chi connectivity index (χ3v) is 3.40. The third-order valence-electron chi connectivity index (χ3n) is 3.40. The second-order valence-electron chi connectivity index (χ2n) is 4.80. The van der Waals surface area contributed by atoms with E-state index in [-0.39, 0.29) is 0 Å². The maximum atomic E-state index is 5.09. The Bertz CT molecular complexity index is 353. The molecule has 1 unspecified atom stereocenters. The molecule has 1 saturated heterocycles. The van der Waals surface area contributed by atoms with Crippen LogP contribution in [0.15, 0.2) is 18.3 Å². The minimum atomic E-state index is 0.612. The maximum Gasteiger partial charge on any atom is 0.213 e. The van der Waals surface area contributed by atoms with Crippen molar-refractivity contribution in [1.82, 2.24) is 10.3 Å². The lowest BCUT2D eigenvalue weighted by Crippen LogP contribution is -2.46. The van der Waals surface area contributed by atoms with Crippen molar-refractivity contribution < 1.29 is 4.74 Å². The molecule has 0 bridgehead atoms. The Kier molecular flexibility index (Phi) is 4.81. The van der Waals surface area contributed by atoms with E-state index in [4.69, 9.17) is 4.74 Å². The molecule has 1 fully saturated rings. The lowest BCUT2D eigenvalue weighted by Gasteiger charge is -2.34. The molecule has 1 aromatic rings. The highest BCUT2D eigenvalue weighted by Gasteiger charge is 2.19. The second kappa shape index (κ2) is 6.59. The summed E-state index contributed by atoms with van der Waals surface area (Å²) in [5.41, 5.74) is 1.19. The largest absolute Gasteiger partial charge is 0.481 e. The zero-order valence-electron chi connectivity index (χ0n) is 11.4. The predicted octanol–water partition coefficient (Wildman–Crippen LogP) is 2.06. The number of ether oxygens (including phenoxy) is 1. The van der Waals surface area contributed by atoms with Crippen molar-refractivity contribution >= 4 is 5.69 Å². The van der Waals surface area contributed by atoms with E-state index in [2.05, 4.69) is 28.2 Å². The van der Waals surface area contributed by atoms with E-state index in [1.807, 2.05) is 12.3 Å². The Balaban J connectivity index is 1.94. The van der Waals surface area contributed by atoms with E-state index in [1.165, 1.54) is 24.9 Å². The quantitative estimate of drug-likeness (QED) is 0.866. The summed E-state index contributed by atoms with van der Waals surface area (Å²) < 4.78 is 5.09. The van der Waals surface area contributed by atoms with Crippen LogP contribution >= 0.6 is 0 Å². The molecule has 0 spiro atoms. The molecular weight excluding hydrogens is 226 g/mol. The van der Waals surface area contributed by atoms with Crippen molar-refractivity contribution in [3.05, 3.63) is 18.3 Å². The van der Waals surface area contributed by atoms with Gasteiger partial charge in [-0.2, -0.15) is 0 Å². The summed E-state index contributed by atoms with van der Waals surface area (Å²) in [7, 11) is 1.65. The van der Waals surface area contributed by atoms with Crippen LogP contribution in [0.1, 0.15) is 26.2 Å². The van der Waals surface area contributed by atoms with Crippen LogP contribution in [0, 0.1) is 0 Å². The van der Waals surface area contributed by atoms with Gasteiger partial charge in [0.25, 0.3) is 0 Å². The minimum Gasteiger partial charge on any atom is -0.481 e. The van der Waals surface area contributed by atoms with Crippen LogP contribution < -0.4 is 15.0 Å². The first kappa shape index (κ1) is 13.1. The Hall–Kier alpha value is -1.29. The van der Waals surface area contributed by atoms with Crippen molar-refractivity contribution in [2.45, 2.75) is 32.2 Å². The molecule has 1 aliphatic rings.